The molecule has 296 valence electrons. The molecule has 0 spiro atoms. The van der Waals surface area contributed by atoms with Crippen LogP contribution >= 0.6 is 0 Å². The summed E-state index contributed by atoms with van der Waals surface area (Å²) in [7, 11) is -3.86. The van der Waals surface area contributed by atoms with Gasteiger partial charge in [0.15, 0.2) is 5.76 Å². The Labute approximate surface area is 332 Å². The Morgan fingerprint density at radius 1 is 0.466 bits per heavy atom. The van der Waals surface area contributed by atoms with Gasteiger partial charge in [0.05, 0.1) is 35.5 Å². The summed E-state index contributed by atoms with van der Waals surface area (Å²) in [6.07, 6.45) is 0.885. The fourth-order valence-electron chi connectivity index (χ4n) is 4.43. The van der Waals surface area contributed by atoms with Crippen LogP contribution in [0.25, 0.3) is 22.3 Å². The van der Waals surface area contributed by atoms with Crippen LogP contribution < -0.4 is 30.0 Å². The Bertz CT molecular complexity index is 2360. The van der Waals surface area contributed by atoms with Crippen molar-refractivity contribution in [1.82, 2.24) is 0 Å². The predicted molar refractivity (Wildman–Crippen MR) is 206 cm³/mol. The molecule has 14 heteroatoms. The van der Waals surface area contributed by atoms with Crippen LogP contribution in [0.5, 0.6) is 5.75 Å². The van der Waals surface area contributed by atoms with Crippen molar-refractivity contribution in [2.75, 3.05) is 6.26 Å². The molecule has 0 aliphatic rings. The van der Waals surface area contributed by atoms with Crippen molar-refractivity contribution >= 4 is 45.0 Å². The average molecular weight is 801 g/mol. The number of carbonyl (C=O) groups excluding carboxylic acids is 4. The molecule has 6 aromatic carbocycles. The normalized spacial score (nSPS) is 9.88. The number of carboxylic acids is 4. The zero-order valence-corrected chi connectivity index (χ0v) is 31.3. The van der Waals surface area contributed by atoms with Gasteiger partial charge in [0.1, 0.15) is 5.58 Å². The maximum Gasteiger partial charge on any atom is 0.306 e. The van der Waals surface area contributed by atoms with E-state index in [1.165, 1.54) is 48.5 Å². The zero-order valence-electron chi connectivity index (χ0n) is 30.5. The lowest BCUT2D eigenvalue weighted by Crippen LogP contribution is -2.21. The van der Waals surface area contributed by atoms with Gasteiger partial charge in [-0.3, -0.25) is 4.79 Å². The fourth-order valence-corrected chi connectivity index (χ4v) is 4.88. The third-order valence-corrected chi connectivity index (χ3v) is 7.53. The van der Waals surface area contributed by atoms with E-state index in [0.717, 1.165) is 6.26 Å². The van der Waals surface area contributed by atoms with Crippen LogP contribution in [-0.4, -0.2) is 38.6 Å². The largest absolute Gasteiger partial charge is 0.545 e. The minimum atomic E-state index is -3.86. The van der Waals surface area contributed by atoms with Gasteiger partial charge in [-0.2, -0.15) is 8.42 Å². The highest BCUT2D eigenvalue weighted by atomic mass is 32.2. The van der Waals surface area contributed by atoms with Crippen molar-refractivity contribution in [2.45, 2.75) is 0 Å². The number of aromatic carboxylic acids is 4. The molecule has 0 amide bonds. The number of para-hydroxylation sites is 1. The number of rotatable bonds is 7. The minimum Gasteiger partial charge on any atom is -0.545 e. The molecule has 7 aromatic rings. The summed E-state index contributed by atoms with van der Waals surface area (Å²) in [6, 6.07) is 47.6. The van der Waals surface area contributed by atoms with Gasteiger partial charge in [-0.15, -0.1) is 0 Å². The molecule has 0 unspecified atom stereocenters. The van der Waals surface area contributed by atoms with Gasteiger partial charge in [-0.05, 0) is 34.4 Å². The quantitative estimate of drug-likeness (QED) is 0.211. The van der Waals surface area contributed by atoms with Crippen LogP contribution in [0.2, 0.25) is 0 Å². The highest BCUT2D eigenvalue weighted by Gasteiger charge is 2.20. The van der Waals surface area contributed by atoms with Crippen molar-refractivity contribution in [3.8, 4) is 17.1 Å². The van der Waals surface area contributed by atoms with E-state index < -0.39 is 39.4 Å². The molecule has 0 atom stereocenters. The second-order valence-electron chi connectivity index (χ2n) is 11.4. The number of carbonyl (C=O) groups is 4. The molecule has 1 aromatic heterocycles. The Kier molecular flexibility index (Phi) is 17.3. The third-order valence-electron chi connectivity index (χ3n) is 7.06. The monoisotopic (exact) mass is 800 g/mol. The molecular formula is C44H32O13S-4. The summed E-state index contributed by atoms with van der Waals surface area (Å²) >= 11 is 0. The number of fused-ring (bicyclic) bond motifs is 1. The molecular weight excluding hydrogens is 769 g/mol. The second-order valence-corrected chi connectivity index (χ2v) is 12.9. The summed E-state index contributed by atoms with van der Waals surface area (Å²) in [5.74, 6) is -4.75. The first kappa shape index (κ1) is 44.6. The highest BCUT2D eigenvalue weighted by molar-refractivity contribution is 7.86. The van der Waals surface area contributed by atoms with Crippen LogP contribution in [0.3, 0.4) is 0 Å². The minimum absolute atomic E-state index is 0.0923. The second kappa shape index (κ2) is 22.5. The predicted octanol–water partition coefficient (Wildman–Crippen LogP) is 3.00. The van der Waals surface area contributed by atoms with Gasteiger partial charge >= 0.3 is 10.1 Å². The molecule has 0 saturated carbocycles. The molecule has 0 bridgehead atoms. The first-order valence-electron chi connectivity index (χ1n) is 16.7. The van der Waals surface area contributed by atoms with Crippen molar-refractivity contribution in [1.29, 1.82) is 0 Å². The van der Waals surface area contributed by atoms with Crippen molar-refractivity contribution in [2.24, 2.45) is 0 Å². The Hall–Kier alpha value is -7.84. The van der Waals surface area contributed by atoms with Crippen LogP contribution in [-0.2, 0) is 10.1 Å². The number of carboxylic acid groups (broad SMARTS) is 4. The zero-order chi connectivity index (χ0) is 42.5. The van der Waals surface area contributed by atoms with Crippen LogP contribution in [0.4, 0.5) is 0 Å². The summed E-state index contributed by atoms with van der Waals surface area (Å²) in [5, 5.41) is 40.6. The smallest absolute Gasteiger partial charge is 0.306 e. The molecule has 7 rings (SSSR count). The Morgan fingerprint density at radius 3 is 1.05 bits per heavy atom. The average Bonchev–Trinajstić information content (AvgIpc) is 3.24. The molecule has 13 nitrogen and oxygen atoms in total. The van der Waals surface area contributed by atoms with E-state index in [1.54, 1.807) is 127 Å². The van der Waals surface area contributed by atoms with Gasteiger partial charge in [0.2, 0.25) is 11.2 Å². The molecule has 1 heterocycles. The Morgan fingerprint density at radius 2 is 0.759 bits per heavy atom. The van der Waals surface area contributed by atoms with E-state index in [0.29, 0.717) is 11.1 Å². The van der Waals surface area contributed by atoms with E-state index >= 15 is 0 Å². The lowest BCUT2D eigenvalue weighted by atomic mass is 10.1. The molecule has 0 aliphatic carbocycles. The van der Waals surface area contributed by atoms with E-state index in [2.05, 4.69) is 0 Å². The van der Waals surface area contributed by atoms with Crippen LogP contribution in [0, 0.1) is 0 Å². The molecule has 58 heavy (non-hydrogen) atoms. The van der Waals surface area contributed by atoms with Crippen molar-refractivity contribution < 1.29 is 56.6 Å². The first-order valence-corrected chi connectivity index (χ1v) is 18.6. The summed E-state index contributed by atoms with van der Waals surface area (Å²) < 4.78 is 33.5. The first-order chi connectivity index (χ1) is 27.7. The molecule has 0 N–H and O–H groups in total. The van der Waals surface area contributed by atoms with E-state index in [-0.39, 0.29) is 39.1 Å². The molecule has 0 fully saturated rings. The van der Waals surface area contributed by atoms with E-state index in [1.807, 2.05) is 0 Å². The highest BCUT2D eigenvalue weighted by Crippen LogP contribution is 2.31. The number of hydrogen-bond donors (Lipinski definition) is 0. The molecule has 0 aliphatic heterocycles. The molecule has 0 radical (unpaired) electrons. The van der Waals surface area contributed by atoms with Gasteiger partial charge < -0.3 is 48.2 Å². The standard InChI is InChI=1S/C16H12O5S.4C7H6O2/c1-22(18,19)21-16-14(17)12-9-5-6-10-13(12)20-15(16)11-7-3-2-4-8-11;4*8-7(9)6-4-2-1-3-5-6/h2-10H,1H3;4*1-5H,(H,8,9)/p-4. The SMILES string of the molecule is CS(=O)(=O)Oc1c(-c2ccccc2)oc2ccccc2c1=O.O=C([O-])c1ccccc1.O=C([O-])c1ccccc1.O=C([O-])c1ccccc1.O=C([O-])c1ccccc1. The van der Waals surface area contributed by atoms with E-state index in [4.69, 9.17) is 8.60 Å². The summed E-state index contributed by atoms with van der Waals surface area (Å²) in [6.45, 7) is 0. The summed E-state index contributed by atoms with van der Waals surface area (Å²) in [4.78, 5) is 52.9. The maximum absolute atomic E-state index is 12.6. The summed E-state index contributed by atoms with van der Waals surface area (Å²) in [5.41, 5.74) is 1.28. The number of benzene rings is 6. The van der Waals surface area contributed by atoms with Gasteiger partial charge in [0, 0.05) is 5.56 Å². The van der Waals surface area contributed by atoms with Gasteiger partial charge in [0.25, 0.3) is 0 Å². The van der Waals surface area contributed by atoms with Crippen LogP contribution in [0.15, 0.2) is 185 Å². The maximum atomic E-state index is 12.6. The molecule has 0 saturated heterocycles. The lowest BCUT2D eigenvalue weighted by Gasteiger charge is -2.09. The Balaban J connectivity index is 0.000000210. The van der Waals surface area contributed by atoms with Gasteiger partial charge in [-0.1, -0.05) is 164 Å². The third kappa shape index (κ3) is 15.1. The lowest BCUT2D eigenvalue weighted by molar-refractivity contribution is -0.256. The fraction of sp³-hybridized carbons (Fsp3) is 0.0227. The van der Waals surface area contributed by atoms with Gasteiger partial charge in [-0.25, -0.2) is 0 Å². The van der Waals surface area contributed by atoms with Crippen LogP contribution in [0.1, 0.15) is 41.4 Å². The van der Waals surface area contributed by atoms with E-state index in [9.17, 15) is 52.8 Å². The number of hydrogen-bond acceptors (Lipinski definition) is 13. The van der Waals surface area contributed by atoms with Crippen molar-refractivity contribution in [3.05, 3.63) is 208 Å². The van der Waals surface area contributed by atoms with Crippen molar-refractivity contribution in [3.63, 3.8) is 0 Å². The topological polar surface area (TPSA) is 234 Å².